The molecule has 4 rings (SSSR count). The summed E-state index contributed by atoms with van der Waals surface area (Å²) in [5, 5.41) is 8.53. The third-order valence-corrected chi connectivity index (χ3v) is 5.51. The van der Waals surface area contributed by atoms with Crippen LogP contribution in [0.3, 0.4) is 0 Å². The van der Waals surface area contributed by atoms with E-state index in [0.717, 1.165) is 38.6 Å². The molecular weight excluding hydrogens is 340 g/mol. The number of hydrogen-bond donors (Lipinski definition) is 0. The van der Waals surface area contributed by atoms with E-state index in [-0.39, 0.29) is 0 Å². The number of ether oxygens (including phenoxy) is 1. The van der Waals surface area contributed by atoms with Crippen LogP contribution >= 0.6 is 0 Å². The lowest BCUT2D eigenvalue weighted by Gasteiger charge is -2.38. The van der Waals surface area contributed by atoms with Gasteiger partial charge in [0.05, 0.1) is 25.2 Å². The highest BCUT2D eigenvalue weighted by Gasteiger charge is 2.30. The second kappa shape index (κ2) is 8.50. The van der Waals surface area contributed by atoms with Crippen LogP contribution in [0, 0.1) is 0 Å². The summed E-state index contributed by atoms with van der Waals surface area (Å²) in [5.74, 6) is 1.43. The molecule has 2 aromatic rings. The Morgan fingerprint density at radius 3 is 2.56 bits per heavy atom. The van der Waals surface area contributed by atoms with Gasteiger partial charge in [-0.3, -0.25) is 9.80 Å². The average Bonchev–Trinajstić information content (AvgIpc) is 3.25. The fraction of sp³-hybridized carbons (Fsp3) is 0.619. The summed E-state index contributed by atoms with van der Waals surface area (Å²) in [6.07, 6.45) is 3.82. The second-order valence-corrected chi connectivity index (χ2v) is 7.99. The smallest absolute Gasteiger partial charge is 0.230 e. The summed E-state index contributed by atoms with van der Waals surface area (Å²) in [5.41, 5.74) is 1.20. The van der Waals surface area contributed by atoms with Gasteiger partial charge in [-0.1, -0.05) is 30.3 Å². The van der Waals surface area contributed by atoms with Crippen molar-refractivity contribution in [2.24, 2.45) is 0 Å². The molecule has 2 saturated heterocycles. The van der Waals surface area contributed by atoms with Gasteiger partial charge < -0.3 is 9.15 Å². The summed E-state index contributed by atoms with van der Waals surface area (Å²) in [6, 6.07) is 10.8. The topological polar surface area (TPSA) is 54.6 Å². The zero-order valence-corrected chi connectivity index (χ0v) is 16.4. The Bertz CT molecular complexity index is 710. The summed E-state index contributed by atoms with van der Waals surface area (Å²) in [4.78, 5) is 5.06. The van der Waals surface area contributed by atoms with Crippen molar-refractivity contribution in [1.82, 2.24) is 20.0 Å². The molecule has 2 aliphatic heterocycles. The monoisotopic (exact) mass is 370 g/mol. The molecule has 2 fully saturated rings. The Balaban J connectivity index is 1.33. The Kier molecular flexibility index (Phi) is 5.86. The third-order valence-electron chi connectivity index (χ3n) is 5.51. The molecular formula is C21H30N4O2. The molecule has 0 radical (unpaired) electrons. The van der Waals surface area contributed by atoms with Crippen molar-refractivity contribution in [3.8, 4) is 0 Å². The van der Waals surface area contributed by atoms with Gasteiger partial charge in [-0.2, -0.15) is 0 Å². The van der Waals surface area contributed by atoms with E-state index in [0.29, 0.717) is 30.6 Å². The molecule has 0 amide bonds. The molecule has 0 bridgehead atoms. The minimum Gasteiger partial charge on any atom is -0.424 e. The van der Waals surface area contributed by atoms with Gasteiger partial charge in [0, 0.05) is 25.7 Å². The minimum atomic E-state index is 0.320. The highest BCUT2D eigenvalue weighted by Crippen LogP contribution is 2.22. The number of rotatable bonds is 6. The van der Waals surface area contributed by atoms with Crippen LogP contribution in [-0.2, 0) is 17.7 Å². The van der Waals surface area contributed by atoms with E-state index in [1.165, 1.54) is 18.4 Å². The predicted octanol–water partition coefficient (Wildman–Crippen LogP) is 2.73. The van der Waals surface area contributed by atoms with Crippen molar-refractivity contribution in [2.45, 2.75) is 57.9 Å². The fourth-order valence-corrected chi connectivity index (χ4v) is 4.41. The largest absolute Gasteiger partial charge is 0.424 e. The van der Waals surface area contributed by atoms with Crippen molar-refractivity contribution in [3.63, 3.8) is 0 Å². The van der Waals surface area contributed by atoms with Crippen LogP contribution < -0.4 is 0 Å². The standard InChI is InChI=1S/C21H30N4O2/c1-16-12-24(13-17(2)26-16)14-19-9-6-10-25(19)15-21-23-22-20(27-21)11-18-7-4-3-5-8-18/h3-5,7-8,16-17,19H,6,9-15H2,1-2H3. The van der Waals surface area contributed by atoms with Gasteiger partial charge in [0.25, 0.3) is 0 Å². The highest BCUT2D eigenvalue weighted by molar-refractivity contribution is 5.17. The molecule has 1 aromatic carbocycles. The van der Waals surface area contributed by atoms with E-state index in [1.54, 1.807) is 0 Å². The number of likely N-dealkylation sites (tertiary alicyclic amines) is 1. The predicted molar refractivity (Wildman–Crippen MR) is 103 cm³/mol. The fourth-order valence-electron chi connectivity index (χ4n) is 4.41. The lowest BCUT2D eigenvalue weighted by molar-refractivity contribution is -0.0725. The lowest BCUT2D eigenvalue weighted by Crippen LogP contribution is -2.50. The van der Waals surface area contributed by atoms with Crippen LogP contribution in [0.5, 0.6) is 0 Å². The maximum absolute atomic E-state index is 5.92. The molecule has 146 valence electrons. The van der Waals surface area contributed by atoms with E-state index in [1.807, 2.05) is 18.2 Å². The van der Waals surface area contributed by atoms with Crippen molar-refractivity contribution < 1.29 is 9.15 Å². The van der Waals surface area contributed by atoms with Crippen molar-refractivity contribution in [1.29, 1.82) is 0 Å². The van der Waals surface area contributed by atoms with Crippen molar-refractivity contribution in [3.05, 3.63) is 47.7 Å². The van der Waals surface area contributed by atoms with Gasteiger partial charge in [0.1, 0.15) is 0 Å². The molecule has 1 aromatic heterocycles. The molecule has 6 heteroatoms. The number of aromatic nitrogens is 2. The number of benzene rings is 1. The molecule has 0 N–H and O–H groups in total. The minimum absolute atomic E-state index is 0.320. The van der Waals surface area contributed by atoms with Gasteiger partial charge in [-0.25, -0.2) is 0 Å². The Morgan fingerprint density at radius 2 is 1.78 bits per heavy atom. The van der Waals surface area contributed by atoms with Crippen LogP contribution in [0.25, 0.3) is 0 Å². The first-order valence-corrected chi connectivity index (χ1v) is 10.1. The highest BCUT2D eigenvalue weighted by atomic mass is 16.5. The molecule has 27 heavy (non-hydrogen) atoms. The summed E-state index contributed by atoms with van der Waals surface area (Å²) < 4.78 is 11.8. The lowest BCUT2D eigenvalue weighted by atomic mass is 10.1. The Hall–Kier alpha value is -1.76. The van der Waals surface area contributed by atoms with Crippen LogP contribution in [-0.4, -0.2) is 64.4 Å². The van der Waals surface area contributed by atoms with Gasteiger partial charge in [-0.05, 0) is 38.8 Å². The van der Waals surface area contributed by atoms with E-state index < -0.39 is 0 Å². The van der Waals surface area contributed by atoms with Gasteiger partial charge in [0.15, 0.2) is 0 Å². The quantitative estimate of drug-likeness (QED) is 0.779. The third kappa shape index (κ3) is 4.94. The zero-order valence-electron chi connectivity index (χ0n) is 16.4. The molecule has 3 unspecified atom stereocenters. The maximum Gasteiger partial charge on any atom is 0.230 e. The maximum atomic E-state index is 5.92. The number of hydrogen-bond acceptors (Lipinski definition) is 6. The number of morpholine rings is 1. The van der Waals surface area contributed by atoms with E-state index in [2.05, 4.69) is 46.0 Å². The molecule has 0 aliphatic carbocycles. The SMILES string of the molecule is CC1CN(CC2CCCN2Cc2nnc(Cc3ccccc3)o2)CC(C)O1. The number of nitrogens with zero attached hydrogens (tertiary/aromatic N) is 4. The molecule has 3 heterocycles. The Labute approximate surface area is 161 Å². The van der Waals surface area contributed by atoms with Crippen molar-refractivity contribution >= 4 is 0 Å². The van der Waals surface area contributed by atoms with E-state index >= 15 is 0 Å². The van der Waals surface area contributed by atoms with E-state index in [4.69, 9.17) is 9.15 Å². The van der Waals surface area contributed by atoms with Gasteiger partial charge >= 0.3 is 0 Å². The molecule has 3 atom stereocenters. The summed E-state index contributed by atoms with van der Waals surface area (Å²) in [6.45, 7) is 9.35. The van der Waals surface area contributed by atoms with Crippen LogP contribution in [0.15, 0.2) is 34.7 Å². The molecule has 0 spiro atoms. The molecule has 6 nitrogen and oxygen atoms in total. The average molecular weight is 370 g/mol. The Morgan fingerprint density at radius 1 is 1.04 bits per heavy atom. The summed E-state index contributed by atoms with van der Waals surface area (Å²) >= 11 is 0. The zero-order chi connectivity index (χ0) is 18.6. The first-order chi connectivity index (χ1) is 13.2. The van der Waals surface area contributed by atoms with Gasteiger partial charge in [0.2, 0.25) is 11.8 Å². The van der Waals surface area contributed by atoms with Crippen LogP contribution in [0.1, 0.15) is 44.0 Å². The van der Waals surface area contributed by atoms with Crippen LogP contribution in [0.4, 0.5) is 0 Å². The first kappa shape index (κ1) is 18.6. The normalized spacial score (nSPS) is 27.3. The second-order valence-electron chi connectivity index (χ2n) is 7.99. The van der Waals surface area contributed by atoms with Crippen molar-refractivity contribution in [2.75, 3.05) is 26.2 Å². The van der Waals surface area contributed by atoms with Gasteiger partial charge in [-0.15, -0.1) is 10.2 Å². The summed E-state index contributed by atoms with van der Waals surface area (Å²) in [7, 11) is 0. The van der Waals surface area contributed by atoms with Crippen LogP contribution in [0.2, 0.25) is 0 Å². The molecule has 0 saturated carbocycles. The van der Waals surface area contributed by atoms with E-state index in [9.17, 15) is 0 Å². The first-order valence-electron chi connectivity index (χ1n) is 10.1. The molecule has 2 aliphatic rings.